The van der Waals surface area contributed by atoms with E-state index in [-0.39, 0.29) is 5.69 Å². The summed E-state index contributed by atoms with van der Waals surface area (Å²) in [6.45, 7) is 0. The zero-order valence-electron chi connectivity index (χ0n) is 18.0. The summed E-state index contributed by atoms with van der Waals surface area (Å²) in [5.41, 5.74) is 0.656. The van der Waals surface area contributed by atoms with Gasteiger partial charge in [0.1, 0.15) is 23.3 Å². The van der Waals surface area contributed by atoms with Gasteiger partial charge >= 0.3 is 0 Å². The number of nitriles is 1. The normalized spacial score (nSPS) is 11.3. The molecular weight excluding hydrogens is 448 g/mol. The third-order valence-corrected chi connectivity index (χ3v) is 5.96. The Hall–Kier alpha value is -4.54. The molecule has 34 heavy (non-hydrogen) atoms. The fourth-order valence-corrected chi connectivity index (χ4v) is 4.05. The van der Waals surface area contributed by atoms with Gasteiger partial charge in [0.15, 0.2) is 10.7 Å². The van der Waals surface area contributed by atoms with Gasteiger partial charge in [-0.15, -0.1) is 0 Å². The number of para-hydroxylation sites is 5. The summed E-state index contributed by atoms with van der Waals surface area (Å²) in [5.74, 6) is 1.87. The van der Waals surface area contributed by atoms with E-state index in [4.69, 9.17) is 9.47 Å². The number of ether oxygens (including phenoxy) is 2. The lowest BCUT2D eigenvalue weighted by Crippen LogP contribution is -2.14. The van der Waals surface area contributed by atoms with E-state index in [2.05, 4.69) is 4.72 Å². The highest BCUT2D eigenvalue weighted by Gasteiger charge is 2.20. The maximum Gasteiger partial charge on any atom is 0.272 e. The van der Waals surface area contributed by atoms with E-state index in [0.717, 1.165) is 0 Å². The van der Waals surface area contributed by atoms with Crippen molar-refractivity contribution in [3.63, 3.8) is 0 Å². The topological polar surface area (TPSA) is 88.4 Å². The maximum atomic E-state index is 13.1. The molecule has 0 saturated heterocycles. The minimum Gasteiger partial charge on any atom is -0.457 e. The van der Waals surface area contributed by atoms with Gasteiger partial charge in [-0.2, -0.15) is 5.26 Å². The van der Waals surface area contributed by atoms with E-state index in [1.165, 1.54) is 6.08 Å². The van der Waals surface area contributed by atoms with Crippen molar-refractivity contribution in [1.29, 1.82) is 5.26 Å². The molecule has 168 valence electrons. The van der Waals surface area contributed by atoms with Crippen molar-refractivity contribution >= 4 is 21.8 Å². The summed E-state index contributed by atoms with van der Waals surface area (Å²) in [7, 11) is -4.21. The fraction of sp³-hybridized carbons (Fsp3) is 0. The second-order valence-electron chi connectivity index (χ2n) is 7.09. The molecule has 4 aromatic rings. The monoisotopic (exact) mass is 468 g/mol. The lowest BCUT2D eigenvalue weighted by molar-refractivity contribution is 0.481. The van der Waals surface area contributed by atoms with Crippen LogP contribution in [-0.4, -0.2) is 8.42 Å². The first-order valence-corrected chi connectivity index (χ1v) is 11.8. The van der Waals surface area contributed by atoms with E-state index in [9.17, 15) is 13.7 Å². The van der Waals surface area contributed by atoms with Crippen molar-refractivity contribution in [2.45, 2.75) is 0 Å². The van der Waals surface area contributed by atoms with Gasteiger partial charge in [0.2, 0.25) is 0 Å². The number of hydrogen-bond acceptors (Lipinski definition) is 5. The SMILES string of the molecule is N#C/C(=C\c1ccccc1Oc1ccccc1)S(=O)(=O)Nc1ccccc1Oc1ccccc1. The summed E-state index contributed by atoms with van der Waals surface area (Å²) in [6.07, 6.45) is 1.28. The quantitative estimate of drug-likeness (QED) is 0.295. The highest BCUT2D eigenvalue weighted by Crippen LogP contribution is 2.32. The van der Waals surface area contributed by atoms with Gasteiger partial charge in [-0.05, 0) is 48.5 Å². The molecule has 4 rings (SSSR count). The van der Waals surface area contributed by atoms with E-state index in [1.54, 1.807) is 78.9 Å². The standard InChI is InChI=1S/C27H20N2O4S/c28-20-24(19-21-11-7-9-17-26(21)32-22-12-3-1-4-13-22)34(30,31)29-25-16-8-10-18-27(25)33-23-14-5-2-6-15-23/h1-19,29H/b24-19+. The molecule has 0 radical (unpaired) electrons. The van der Waals surface area contributed by atoms with Crippen LogP contribution in [0.2, 0.25) is 0 Å². The second-order valence-corrected chi connectivity index (χ2v) is 8.74. The lowest BCUT2D eigenvalue weighted by Gasteiger charge is -2.13. The third-order valence-electron chi connectivity index (χ3n) is 4.68. The van der Waals surface area contributed by atoms with Crippen LogP contribution in [-0.2, 0) is 10.0 Å². The van der Waals surface area contributed by atoms with Gasteiger partial charge in [0.05, 0.1) is 5.69 Å². The van der Waals surface area contributed by atoms with Crippen LogP contribution in [0.3, 0.4) is 0 Å². The minimum absolute atomic E-state index is 0.210. The molecule has 0 saturated carbocycles. The maximum absolute atomic E-state index is 13.1. The molecule has 0 fully saturated rings. The first kappa shape index (κ1) is 22.6. The molecular formula is C27H20N2O4S. The van der Waals surface area contributed by atoms with Gasteiger partial charge in [-0.3, -0.25) is 4.72 Å². The molecule has 6 nitrogen and oxygen atoms in total. The minimum atomic E-state index is -4.21. The summed E-state index contributed by atoms with van der Waals surface area (Å²) in [5, 5.41) is 9.68. The molecule has 0 bridgehead atoms. The Morgan fingerprint density at radius 3 is 1.82 bits per heavy atom. The third kappa shape index (κ3) is 5.63. The van der Waals surface area contributed by atoms with E-state index < -0.39 is 14.9 Å². The highest BCUT2D eigenvalue weighted by molar-refractivity contribution is 7.97. The second kappa shape index (κ2) is 10.4. The molecule has 0 aliphatic rings. The number of nitrogens with zero attached hydrogens (tertiary/aromatic N) is 1. The summed E-state index contributed by atoms with van der Waals surface area (Å²) in [4.78, 5) is -0.467. The van der Waals surface area contributed by atoms with Gasteiger partial charge in [0.25, 0.3) is 10.0 Å². The Balaban J connectivity index is 1.63. The number of anilines is 1. The van der Waals surface area contributed by atoms with Crippen LogP contribution >= 0.6 is 0 Å². The summed E-state index contributed by atoms with van der Waals surface area (Å²) in [6, 6.07) is 33.4. The fourth-order valence-electron chi connectivity index (χ4n) is 3.07. The number of benzene rings is 4. The number of sulfonamides is 1. The average Bonchev–Trinajstić information content (AvgIpc) is 2.85. The molecule has 7 heteroatoms. The molecule has 0 atom stereocenters. The van der Waals surface area contributed by atoms with Crippen LogP contribution in [0.15, 0.2) is 114 Å². The van der Waals surface area contributed by atoms with Gasteiger partial charge in [-0.1, -0.05) is 66.7 Å². The molecule has 4 aromatic carbocycles. The van der Waals surface area contributed by atoms with Crippen LogP contribution < -0.4 is 14.2 Å². The Bertz CT molecular complexity index is 1440. The largest absolute Gasteiger partial charge is 0.457 e. The number of nitrogens with one attached hydrogen (secondary N) is 1. The van der Waals surface area contributed by atoms with Gasteiger partial charge in [-0.25, -0.2) is 8.42 Å². The lowest BCUT2D eigenvalue weighted by atomic mass is 10.2. The Morgan fingerprint density at radius 2 is 1.21 bits per heavy atom. The highest BCUT2D eigenvalue weighted by atomic mass is 32.2. The number of hydrogen-bond donors (Lipinski definition) is 1. The summed E-state index contributed by atoms with van der Waals surface area (Å²) < 4.78 is 40.4. The zero-order valence-corrected chi connectivity index (χ0v) is 18.8. The van der Waals surface area contributed by atoms with Crippen LogP contribution in [0.25, 0.3) is 6.08 Å². The van der Waals surface area contributed by atoms with Crippen molar-refractivity contribution in [1.82, 2.24) is 0 Å². The molecule has 0 unspecified atom stereocenters. The number of rotatable bonds is 8. The van der Waals surface area contributed by atoms with Gasteiger partial charge in [0, 0.05) is 5.56 Å². The Labute approximate surface area is 198 Å². The van der Waals surface area contributed by atoms with Crippen molar-refractivity contribution < 1.29 is 17.9 Å². The van der Waals surface area contributed by atoms with Crippen LogP contribution in [0.1, 0.15) is 5.56 Å². The van der Waals surface area contributed by atoms with Crippen molar-refractivity contribution in [2.24, 2.45) is 0 Å². The molecule has 1 N–H and O–H groups in total. The Kier molecular flexibility index (Phi) is 6.92. The van der Waals surface area contributed by atoms with E-state index in [1.807, 2.05) is 36.4 Å². The predicted molar refractivity (Wildman–Crippen MR) is 132 cm³/mol. The Morgan fingerprint density at radius 1 is 0.706 bits per heavy atom. The van der Waals surface area contributed by atoms with Crippen LogP contribution in [0.5, 0.6) is 23.0 Å². The van der Waals surface area contributed by atoms with E-state index >= 15 is 0 Å². The van der Waals surface area contributed by atoms with Crippen LogP contribution in [0, 0.1) is 11.3 Å². The molecule has 0 aliphatic heterocycles. The molecule has 0 aliphatic carbocycles. The van der Waals surface area contributed by atoms with Crippen molar-refractivity contribution in [3.05, 3.63) is 120 Å². The van der Waals surface area contributed by atoms with Crippen molar-refractivity contribution in [3.8, 4) is 29.1 Å². The predicted octanol–water partition coefficient (Wildman–Crippen LogP) is 6.58. The molecule has 0 aromatic heterocycles. The van der Waals surface area contributed by atoms with Crippen molar-refractivity contribution in [2.75, 3.05) is 4.72 Å². The van der Waals surface area contributed by atoms with Crippen LogP contribution in [0.4, 0.5) is 5.69 Å². The molecule has 0 heterocycles. The first-order valence-electron chi connectivity index (χ1n) is 10.3. The first-order chi connectivity index (χ1) is 16.5. The zero-order chi connectivity index (χ0) is 23.8. The number of allylic oxidation sites excluding steroid dienone is 1. The van der Waals surface area contributed by atoms with E-state index in [0.29, 0.717) is 28.6 Å². The molecule has 0 amide bonds. The smallest absolute Gasteiger partial charge is 0.272 e. The summed E-state index contributed by atoms with van der Waals surface area (Å²) >= 11 is 0. The average molecular weight is 469 g/mol. The molecule has 0 spiro atoms. The van der Waals surface area contributed by atoms with Gasteiger partial charge < -0.3 is 9.47 Å².